The summed E-state index contributed by atoms with van der Waals surface area (Å²) in [7, 11) is 1.98. The molecule has 0 aliphatic heterocycles. The summed E-state index contributed by atoms with van der Waals surface area (Å²) < 4.78 is 0. The lowest BCUT2D eigenvalue weighted by Gasteiger charge is -2.25. The fourth-order valence-electron chi connectivity index (χ4n) is 2.89. The number of benzene rings is 1. The highest BCUT2D eigenvalue weighted by Gasteiger charge is 2.27. The number of halogens is 1. The van der Waals surface area contributed by atoms with Gasteiger partial charge in [0.15, 0.2) is 0 Å². The average Bonchev–Trinajstić information content (AvgIpc) is 2.90. The third-order valence-corrected chi connectivity index (χ3v) is 4.53. The van der Waals surface area contributed by atoms with Gasteiger partial charge in [0.1, 0.15) is 0 Å². The number of carbonyl (C=O) groups excluding carboxylic acids is 1. The topological polar surface area (TPSA) is 41.6 Å². The molecule has 1 aliphatic carbocycles. The van der Waals surface area contributed by atoms with Crippen LogP contribution < -0.4 is 10.4 Å². The van der Waals surface area contributed by atoms with E-state index in [0.717, 1.165) is 17.7 Å². The molecule has 2 atom stereocenters. The van der Waals surface area contributed by atoms with E-state index in [0.29, 0.717) is 23.6 Å². The molecule has 2 unspecified atom stereocenters. The monoisotopic (exact) mass is 310 g/mol. The molecular weight excluding hydrogens is 288 g/mol. The normalized spacial score (nSPS) is 21.5. The Morgan fingerprint density at radius 1 is 1.48 bits per heavy atom. The number of hydroxylamine groups is 1. The van der Waals surface area contributed by atoms with Crippen molar-refractivity contribution in [2.24, 2.45) is 5.92 Å². The van der Waals surface area contributed by atoms with E-state index in [2.05, 4.69) is 5.32 Å². The van der Waals surface area contributed by atoms with E-state index in [1.165, 1.54) is 24.8 Å². The number of aryl methyl sites for hydroxylation is 1. The first-order valence-electron chi connectivity index (χ1n) is 7.40. The Hall–Kier alpha value is -1.10. The number of amides is 1. The van der Waals surface area contributed by atoms with E-state index in [4.69, 9.17) is 16.4 Å². The van der Waals surface area contributed by atoms with Crippen molar-refractivity contribution in [2.45, 2.75) is 39.2 Å². The number of nitrogens with zero attached hydrogens (tertiary/aromatic N) is 1. The van der Waals surface area contributed by atoms with E-state index < -0.39 is 0 Å². The predicted octanol–water partition coefficient (Wildman–Crippen LogP) is 3.32. The lowest BCUT2D eigenvalue weighted by Crippen LogP contribution is -2.36. The van der Waals surface area contributed by atoms with Crippen LogP contribution in [-0.2, 0) is 9.63 Å². The number of carbonyl (C=O) groups is 1. The van der Waals surface area contributed by atoms with Gasteiger partial charge in [-0.05, 0) is 50.6 Å². The zero-order valence-corrected chi connectivity index (χ0v) is 13.6. The lowest BCUT2D eigenvalue weighted by molar-refractivity contribution is -0.124. The van der Waals surface area contributed by atoms with Crippen LogP contribution in [0.2, 0.25) is 5.02 Å². The molecule has 5 heteroatoms. The molecule has 116 valence electrons. The number of nitrogens with one attached hydrogen (secondary N) is 1. The average molecular weight is 311 g/mol. The van der Waals surface area contributed by atoms with Crippen LogP contribution in [-0.4, -0.2) is 25.6 Å². The van der Waals surface area contributed by atoms with Gasteiger partial charge in [-0.25, -0.2) is 0 Å². The Bertz CT molecular complexity index is 507. The molecule has 1 fully saturated rings. The van der Waals surface area contributed by atoms with Crippen molar-refractivity contribution in [3.63, 3.8) is 0 Å². The molecule has 0 saturated heterocycles. The van der Waals surface area contributed by atoms with Crippen molar-refractivity contribution < 1.29 is 9.63 Å². The largest absolute Gasteiger partial charge is 0.317 e. The molecule has 1 aromatic rings. The number of hydrogen-bond acceptors (Lipinski definition) is 3. The fraction of sp³-hybridized carbons (Fsp3) is 0.562. The quantitative estimate of drug-likeness (QED) is 0.848. The Labute approximate surface area is 131 Å². The smallest absolute Gasteiger partial charge is 0.247 e. The molecule has 0 heterocycles. The Kier molecular flexibility index (Phi) is 5.62. The highest BCUT2D eigenvalue weighted by Crippen LogP contribution is 2.27. The first kappa shape index (κ1) is 16.3. The van der Waals surface area contributed by atoms with Gasteiger partial charge in [-0.3, -0.25) is 9.63 Å². The molecule has 0 aromatic heterocycles. The van der Waals surface area contributed by atoms with Crippen LogP contribution in [0.1, 0.15) is 31.7 Å². The van der Waals surface area contributed by atoms with Gasteiger partial charge in [0.05, 0.1) is 12.3 Å². The van der Waals surface area contributed by atoms with Crippen LogP contribution in [0.3, 0.4) is 0 Å². The molecule has 1 N–H and O–H groups in total. The van der Waals surface area contributed by atoms with Gasteiger partial charge in [-0.1, -0.05) is 18.0 Å². The van der Waals surface area contributed by atoms with Gasteiger partial charge >= 0.3 is 0 Å². The third-order valence-electron chi connectivity index (χ3n) is 4.11. The lowest BCUT2D eigenvalue weighted by atomic mass is 10.1. The summed E-state index contributed by atoms with van der Waals surface area (Å²) in [5.41, 5.74) is 1.65. The zero-order chi connectivity index (χ0) is 15.4. The van der Waals surface area contributed by atoms with Gasteiger partial charge in [0.2, 0.25) is 5.91 Å². The van der Waals surface area contributed by atoms with Gasteiger partial charge in [0, 0.05) is 23.9 Å². The Balaban J connectivity index is 2.05. The highest BCUT2D eigenvalue weighted by atomic mass is 35.5. The summed E-state index contributed by atoms with van der Waals surface area (Å²) in [5.74, 6) is 0.320. The van der Waals surface area contributed by atoms with Gasteiger partial charge in [-0.2, -0.15) is 5.06 Å². The molecule has 1 aliphatic rings. The van der Waals surface area contributed by atoms with Crippen molar-refractivity contribution in [3.8, 4) is 0 Å². The Morgan fingerprint density at radius 3 is 2.86 bits per heavy atom. The van der Waals surface area contributed by atoms with E-state index in [9.17, 15) is 4.79 Å². The maximum Gasteiger partial charge on any atom is 0.247 e. The summed E-state index contributed by atoms with van der Waals surface area (Å²) in [4.78, 5) is 17.6. The van der Waals surface area contributed by atoms with Crippen molar-refractivity contribution in [1.29, 1.82) is 0 Å². The van der Waals surface area contributed by atoms with Crippen LogP contribution in [0.4, 0.5) is 5.69 Å². The predicted molar refractivity (Wildman–Crippen MR) is 85.5 cm³/mol. The fourth-order valence-corrected chi connectivity index (χ4v) is 3.01. The van der Waals surface area contributed by atoms with Crippen LogP contribution in [0.25, 0.3) is 0 Å². The maximum atomic E-state index is 11.8. The molecule has 1 amide bonds. The van der Waals surface area contributed by atoms with E-state index in [1.54, 1.807) is 12.1 Å². The van der Waals surface area contributed by atoms with Crippen molar-refractivity contribution in [1.82, 2.24) is 5.32 Å². The molecule has 1 aromatic carbocycles. The minimum atomic E-state index is -0.129. The van der Waals surface area contributed by atoms with E-state index >= 15 is 0 Å². The first-order chi connectivity index (χ1) is 10.0. The standard InChI is InChI=1S/C16H23ClN2O2/c1-11-9-14(7-8-15(11)17)19(12(2)20)21-10-13-5-4-6-16(13)18-3/h7-9,13,16,18H,4-6,10H2,1-3H3. The van der Waals surface area contributed by atoms with Crippen LogP contribution in [0, 0.1) is 12.8 Å². The minimum Gasteiger partial charge on any atom is -0.317 e. The Morgan fingerprint density at radius 2 is 2.24 bits per heavy atom. The molecule has 0 spiro atoms. The van der Waals surface area contributed by atoms with Crippen LogP contribution in [0.5, 0.6) is 0 Å². The number of anilines is 1. The summed E-state index contributed by atoms with van der Waals surface area (Å²) >= 11 is 6.03. The number of hydrogen-bond donors (Lipinski definition) is 1. The molecule has 4 nitrogen and oxygen atoms in total. The summed E-state index contributed by atoms with van der Waals surface area (Å²) in [6.45, 7) is 3.97. The SMILES string of the molecule is CNC1CCCC1CON(C(C)=O)c1ccc(Cl)c(C)c1. The van der Waals surface area contributed by atoms with E-state index in [1.807, 2.05) is 20.0 Å². The van der Waals surface area contributed by atoms with Gasteiger partial charge in [-0.15, -0.1) is 0 Å². The molecular formula is C16H23ClN2O2. The second-order valence-electron chi connectivity index (χ2n) is 5.63. The summed E-state index contributed by atoms with van der Waals surface area (Å²) in [6, 6.07) is 5.94. The summed E-state index contributed by atoms with van der Waals surface area (Å²) in [5, 5.41) is 5.38. The molecule has 0 bridgehead atoms. The summed E-state index contributed by atoms with van der Waals surface area (Å²) in [6.07, 6.45) is 3.52. The second-order valence-corrected chi connectivity index (χ2v) is 6.04. The van der Waals surface area contributed by atoms with Crippen molar-refractivity contribution >= 4 is 23.2 Å². The second kappa shape index (κ2) is 7.25. The molecule has 2 rings (SSSR count). The van der Waals surface area contributed by atoms with Crippen molar-refractivity contribution in [3.05, 3.63) is 28.8 Å². The van der Waals surface area contributed by atoms with Gasteiger partial charge < -0.3 is 5.32 Å². The third kappa shape index (κ3) is 3.96. The number of rotatable bonds is 5. The van der Waals surface area contributed by atoms with Crippen LogP contribution >= 0.6 is 11.6 Å². The first-order valence-corrected chi connectivity index (χ1v) is 7.77. The van der Waals surface area contributed by atoms with Gasteiger partial charge in [0.25, 0.3) is 0 Å². The minimum absolute atomic E-state index is 0.129. The highest BCUT2D eigenvalue weighted by molar-refractivity contribution is 6.31. The molecule has 21 heavy (non-hydrogen) atoms. The van der Waals surface area contributed by atoms with Crippen LogP contribution in [0.15, 0.2) is 18.2 Å². The van der Waals surface area contributed by atoms with Crippen molar-refractivity contribution in [2.75, 3.05) is 18.7 Å². The maximum absolute atomic E-state index is 11.8. The molecule has 0 radical (unpaired) electrons. The zero-order valence-electron chi connectivity index (χ0n) is 12.9. The van der Waals surface area contributed by atoms with E-state index in [-0.39, 0.29) is 5.91 Å². The molecule has 1 saturated carbocycles.